The molecule has 0 spiro atoms. The maximum Gasteiger partial charge on any atom is 0.265 e. The molecule has 3 aromatic carbocycles. The van der Waals surface area contributed by atoms with Gasteiger partial charge in [0.2, 0.25) is 0 Å². The smallest absolute Gasteiger partial charge is 0.265 e. The first-order chi connectivity index (χ1) is 11.2. The number of carbonyl (C=O) groups is 2. The highest BCUT2D eigenvalue weighted by Crippen LogP contribution is 2.32. The van der Waals surface area contributed by atoms with Gasteiger partial charge in [-0.05, 0) is 35.2 Å². The van der Waals surface area contributed by atoms with Crippen LogP contribution in [0, 0.1) is 0 Å². The monoisotopic (exact) mass is 365 g/mol. The minimum atomic E-state index is -0.272. The molecular weight excluding hydrogens is 354 g/mol. The first-order valence-electron chi connectivity index (χ1n) is 7.26. The van der Waals surface area contributed by atoms with E-state index >= 15 is 0 Å². The van der Waals surface area contributed by atoms with Crippen LogP contribution in [0.5, 0.6) is 0 Å². The topological polar surface area (TPSA) is 37.4 Å². The van der Waals surface area contributed by atoms with E-state index in [0.717, 1.165) is 21.7 Å². The van der Waals surface area contributed by atoms with Crippen molar-refractivity contribution in [2.75, 3.05) is 4.90 Å². The fourth-order valence-electron chi connectivity index (χ4n) is 3.00. The largest absolute Gasteiger partial charge is 0.268 e. The van der Waals surface area contributed by atoms with Crippen LogP contribution in [-0.4, -0.2) is 11.8 Å². The van der Waals surface area contributed by atoms with Crippen molar-refractivity contribution in [1.29, 1.82) is 0 Å². The summed E-state index contributed by atoms with van der Waals surface area (Å²) < 4.78 is 0. The number of rotatable bonds is 2. The SMILES string of the molecule is O=C1c2cccc3cccc(c23)C(=O)N1c1ccc(CBr)cc1. The number of carbonyl (C=O) groups excluding carboxylic acids is 2. The summed E-state index contributed by atoms with van der Waals surface area (Å²) in [6.07, 6.45) is 0. The highest BCUT2D eigenvalue weighted by molar-refractivity contribution is 9.08. The Hall–Kier alpha value is -2.46. The number of halogens is 1. The molecule has 0 radical (unpaired) electrons. The Labute approximate surface area is 141 Å². The summed E-state index contributed by atoms with van der Waals surface area (Å²) in [7, 11) is 0. The first-order valence-corrected chi connectivity index (χ1v) is 8.38. The van der Waals surface area contributed by atoms with E-state index in [1.165, 1.54) is 4.90 Å². The molecule has 0 unspecified atom stereocenters. The Morgan fingerprint density at radius 1 is 0.783 bits per heavy atom. The first kappa shape index (κ1) is 14.2. The van der Waals surface area contributed by atoms with Crippen molar-refractivity contribution in [3.8, 4) is 0 Å². The van der Waals surface area contributed by atoms with Crippen LogP contribution < -0.4 is 4.90 Å². The van der Waals surface area contributed by atoms with Gasteiger partial charge in [0.15, 0.2) is 0 Å². The van der Waals surface area contributed by atoms with Gasteiger partial charge in [-0.3, -0.25) is 9.59 Å². The lowest BCUT2D eigenvalue weighted by Gasteiger charge is -2.27. The molecule has 0 aliphatic carbocycles. The van der Waals surface area contributed by atoms with Gasteiger partial charge in [0.25, 0.3) is 11.8 Å². The number of hydrogen-bond acceptors (Lipinski definition) is 2. The van der Waals surface area contributed by atoms with Crippen LogP contribution in [0.4, 0.5) is 5.69 Å². The number of amides is 2. The van der Waals surface area contributed by atoms with E-state index in [9.17, 15) is 9.59 Å². The van der Waals surface area contributed by atoms with Crippen LogP contribution in [0.1, 0.15) is 26.3 Å². The molecule has 1 aliphatic rings. The Bertz CT molecular complexity index is 896. The van der Waals surface area contributed by atoms with Gasteiger partial charge in [-0.1, -0.05) is 52.3 Å². The van der Waals surface area contributed by atoms with Gasteiger partial charge in [-0.25, -0.2) is 4.90 Å². The molecular formula is C19H12BrNO2. The van der Waals surface area contributed by atoms with Gasteiger partial charge < -0.3 is 0 Å². The number of hydrogen-bond donors (Lipinski definition) is 0. The van der Waals surface area contributed by atoms with Crippen LogP contribution in [0.15, 0.2) is 60.7 Å². The molecule has 1 aliphatic heterocycles. The zero-order valence-corrected chi connectivity index (χ0v) is 13.7. The standard InChI is InChI=1S/C19H12BrNO2/c20-11-12-7-9-14(10-8-12)21-18(22)15-5-1-3-13-4-2-6-16(17(13)15)19(21)23/h1-10H,11H2. The van der Waals surface area contributed by atoms with Gasteiger partial charge in [0.1, 0.15) is 0 Å². The van der Waals surface area contributed by atoms with E-state index in [4.69, 9.17) is 0 Å². The number of anilines is 1. The van der Waals surface area contributed by atoms with E-state index in [-0.39, 0.29) is 11.8 Å². The van der Waals surface area contributed by atoms with Gasteiger partial charge in [-0.2, -0.15) is 0 Å². The van der Waals surface area contributed by atoms with Crippen molar-refractivity contribution in [1.82, 2.24) is 0 Å². The molecule has 112 valence electrons. The van der Waals surface area contributed by atoms with Crippen molar-refractivity contribution in [3.63, 3.8) is 0 Å². The average molecular weight is 366 g/mol. The molecule has 23 heavy (non-hydrogen) atoms. The molecule has 4 rings (SSSR count). The lowest BCUT2D eigenvalue weighted by molar-refractivity contribution is 0.0893. The zero-order valence-electron chi connectivity index (χ0n) is 12.1. The van der Waals surface area contributed by atoms with Crippen LogP contribution in [0.25, 0.3) is 10.8 Å². The third kappa shape index (κ3) is 2.10. The normalized spacial score (nSPS) is 13.7. The van der Waals surface area contributed by atoms with Crippen LogP contribution >= 0.6 is 15.9 Å². The molecule has 0 saturated carbocycles. The lowest BCUT2D eigenvalue weighted by Crippen LogP contribution is -2.40. The summed E-state index contributed by atoms with van der Waals surface area (Å²) in [5, 5.41) is 2.39. The summed E-state index contributed by atoms with van der Waals surface area (Å²) in [5.74, 6) is -0.545. The summed E-state index contributed by atoms with van der Waals surface area (Å²) in [5.41, 5.74) is 2.83. The summed E-state index contributed by atoms with van der Waals surface area (Å²) in [6.45, 7) is 0. The van der Waals surface area contributed by atoms with Gasteiger partial charge in [0, 0.05) is 21.8 Å². The van der Waals surface area contributed by atoms with Crippen LogP contribution in [0.3, 0.4) is 0 Å². The molecule has 0 saturated heterocycles. The molecule has 0 bridgehead atoms. The van der Waals surface area contributed by atoms with Crippen LogP contribution in [-0.2, 0) is 5.33 Å². The van der Waals surface area contributed by atoms with Crippen molar-refractivity contribution in [3.05, 3.63) is 77.4 Å². The molecule has 3 nitrogen and oxygen atoms in total. The second kappa shape index (κ2) is 5.32. The minimum Gasteiger partial charge on any atom is -0.268 e. The Kier molecular flexibility index (Phi) is 3.27. The molecule has 0 aromatic heterocycles. The maximum absolute atomic E-state index is 12.9. The van der Waals surface area contributed by atoms with E-state index in [1.807, 2.05) is 36.4 Å². The zero-order chi connectivity index (χ0) is 16.0. The van der Waals surface area contributed by atoms with Crippen molar-refractivity contribution in [2.24, 2.45) is 0 Å². The van der Waals surface area contributed by atoms with E-state index in [0.29, 0.717) is 16.8 Å². The highest BCUT2D eigenvalue weighted by Gasteiger charge is 2.33. The maximum atomic E-state index is 12.9. The lowest BCUT2D eigenvalue weighted by atomic mass is 9.94. The van der Waals surface area contributed by atoms with Gasteiger partial charge in [0.05, 0.1) is 5.69 Å². The summed E-state index contributed by atoms with van der Waals surface area (Å²) >= 11 is 3.40. The van der Waals surface area contributed by atoms with E-state index < -0.39 is 0 Å². The highest BCUT2D eigenvalue weighted by atomic mass is 79.9. The fourth-order valence-corrected chi connectivity index (χ4v) is 3.37. The molecule has 0 fully saturated rings. The van der Waals surface area contributed by atoms with Crippen molar-refractivity contribution in [2.45, 2.75) is 5.33 Å². The van der Waals surface area contributed by atoms with E-state index in [2.05, 4.69) is 15.9 Å². The van der Waals surface area contributed by atoms with Crippen molar-refractivity contribution >= 4 is 44.2 Å². The number of benzene rings is 3. The molecule has 1 heterocycles. The summed E-state index contributed by atoms with van der Waals surface area (Å²) in [6, 6.07) is 18.5. The molecule has 4 heteroatoms. The third-order valence-electron chi connectivity index (χ3n) is 4.12. The Morgan fingerprint density at radius 2 is 1.35 bits per heavy atom. The number of nitrogens with zero attached hydrogens (tertiary/aromatic N) is 1. The predicted molar refractivity (Wildman–Crippen MR) is 94.2 cm³/mol. The molecule has 0 atom stereocenters. The Balaban J connectivity index is 1.91. The second-order valence-electron chi connectivity index (χ2n) is 5.46. The van der Waals surface area contributed by atoms with Gasteiger partial charge >= 0.3 is 0 Å². The minimum absolute atomic E-state index is 0.272. The molecule has 0 N–H and O–H groups in total. The van der Waals surface area contributed by atoms with Crippen LogP contribution in [0.2, 0.25) is 0 Å². The average Bonchev–Trinajstić information content (AvgIpc) is 2.60. The molecule has 3 aromatic rings. The fraction of sp³-hybridized carbons (Fsp3) is 0.0526. The second-order valence-corrected chi connectivity index (χ2v) is 6.02. The summed E-state index contributed by atoms with van der Waals surface area (Å²) in [4.78, 5) is 27.0. The third-order valence-corrected chi connectivity index (χ3v) is 4.77. The predicted octanol–water partition coefficient (Wildman–Crippen LogP) is 4.54. The number of alkyl halides is 1. The quantitative estimate of drug-likeness (QED) is 0.494. The van der Waals surface area contributed by atoms with Gasteiger partial charge in [-0.15, -0.1) is 0 Å². The Morgan fingerprint density at radius 3 is 1.87 bits per heavy atom. The van der Waals surface area contributed by atoms with E-state index in [1.54, 1.807) is 24.3 Å². The van der Waals surface area contributed by atoms with Crippen molar-refractivity contribution < 1.29 is 9.59 Å². The molecule has 2 amide bonds. The number of imide groups is 1.